The number of fused-ring (bicyclic) bond motifs is 1. The van der Waals surface area contributed by atoms with E-state index in [0.29, 0.717) is 69.5 Å². The van der Waals surface area contributed by atoms with Crippen LogP contribution in [-0.2, 0) is 20.2 Å². The monoisotopic (exact) mass is 855 g/mol. The van der Waals surface area contributed by atoms with Gasteiger partial charge in [-0.2, -0.15) is 0 Å². The van der Waals surface area contributed by atoms with Crippen LogP contribution in [0.1, 0.15) is 50.0 Å². The smallest absolute Gasteiger partial charge is 0.324 e. The summed E-state index contributed by atoms with van der Waals surface area (Å²) >= 11 is 1.31. The van der Waals surface area contributed by atoms with Gasteiger partial charge in [0.2, 0.25) is 15.1 Å². The number of amides is 3. The first-order valence-electron chi connectivity index (χ1n) is 19.1. The Labute approximate surface area is 354 Å². The Hall–Kier alpha value is -6.04. The topological polar surface area (TPSA) is 195 Å². The summed E-state index contributed by atoms with van der Waals surface area (Å²) in [6.45, 7) is 8.86. The molecule has 15 nitrogen and oxygen atoms in total. The van der Waals surface area contributed by atoms with E-state index in [9.17, 15) is 22.8 Å². The Balaban J connectivity index is 1.28. The van der Waals surface area contributed by atoms with Gasteiger partial charge in [0.05, 0.1) is 55.8 Å². The van der Waals surface area contributed by atoms with Gasteiger partial charge in [0.1, 0.15) is 23.1 Å². The van der Waals surface area contributed by atoms with E-state index in [1.54, 1.807) is 60.8 Å². The number of ether oxygens (including phenoxy) is 3. The number of anilines is 5. The third-order valence-corrected chi connectivity index (χ3v) is 11.2. The molecular weight excluding hydrogens is 807 g/mol. The van der Waals surface area contributed by atoms with Crippen LogP contribution in [-0.4, -0.2) is 80.8 Å². The number of hydrogen-bond acceptors (Lipinski definition) is 12. The zero-order chi connectivity index (χ0) is 43.4. The van der Waals surface area contributed by atoms with Gasteiger partial charge in [0.15, 0.2) is 5.75 Å². The SMILES string of the molecule is CCC(NC(=O)c1ccc(Nc2cc(Oc3ccc(N(C(N)=O)c4cc(C(C)(C)C)cc(NS(C)(=O)=O)c4OC)c4ccccc34)ccn2)cc1OC)N1CCSC(=O)C1. The molecule has 2 heterocycles. The minimum absolute atomic E-state index is 0.0885. The van der Waals surface area contributed by atoms with Crippen LogP contribution in [0.25, 0.3) is 10.8 Å². The number of carbonyl (C=O) groups is 3. The Morgan fingerprint density at radius 2 is 1.72 bits per heavy atom. The molecule has 1 aliphatic rings. The molecule has 0 bridgehead atoms. The van der Waals surface area contributed by atoms with Gasteiger partial charge in [0.25, 0.3) is 5.91 Å². The zero-order valence-corrected chi connectivity index (χ0v) is 36.1. The number of aromatic nitrogens is 1. The van der Waals surface area contributed by atoms with Crippen molar-refractivity contribution in [3.63, 3.8) is 0 Å². The third-order valence-electron chi connectivity index (χ3n) is 9.77. The molecule has 5 aromatic rings. The molecular formula is C43H49N7O8S2. The number of carbonyl (C=O) groups excluding carboxylic acids is 3. The van der Waals surface area contributed by atoms with Crippen LogP contribution in [0.5, 0.6) is 23.0 Å². The first-order chi connectivity index (χ1) is 28.5. The van der Waals surface area contributed by atoms with Crippen molar-refractivity contribution in [2.24, 2.45) is 5.73 Å². The fraction of sp³-hybridized carbons (Fsp3) is 0.302. The lowest BCUT2D eigenvalue weighted by Crippen LogP contribution is -2.51. The van der Waals surface area contributed by atoms with E-state index in [4.69, 9.17) is 19.9 Å². The highest BCUT2D eigenvalue weighted by Gasteiger charge is 2.29. The lowest BCUT2D eigenvalue weighted by atomic mass is 9.86. The largest absolute Gasteiger partial charge is 0.496 e. The minimum atomic E-state index is -3.73. The van der Waals surface area contributed by atoms with Crippen LogP contribution >= 0.6 is 11.8 Å². The average molecular weight is 856 g/mol. The molecule has 1 saturated heterocycles. The normalized spacial score (nSPS) is 13.9. The maximum absolute atomic E-state index is 13.4. The quantitative estimate of drug-likeness (QED) is 0.0851. The molecule has 316 valence electrons. The second-order valence-corrected chi connectivity index (χ2v) is 18.0. The number of sulfonamides is 1. The molecule has 17 heteroatoms. The fourth-order valence-corrected chi connectivity index (χ4v) is 8.26. The number of benzene rings is 4. The molecule has 6 rings (SSSR count). The van der Waals surface area contributed by atoms with Crippen molar-refractivity contribution in [1.29, 1.82) is 0 Å². The number of hydrogen-bond donors (Lipinski definition) is 4. The molecule has 0 radical (unpaired) electrons. The number of pyridine rings is 1. The molecule has 0 saturated carbocycles. The van der Waals surface area contributed by atoms with Crippen LogP contribution in [0.15, 0.2) is 85.1 Å². The Bertz CT molecular complexity index is 2550. The van der Waals surface area contributed by atoms with Gasteiger partial charge in [-0.15, -0.1) is 0 Å². The number of primary amides is 1. The van der Waals surface area contributed by atoms with Crippen molar-refractivity contribution < 1.29 is 37.0 Å². The molecule has 5 N–H and O–H groups in total. The number of rotatable bonds is 14. The van der Waals surface area contributed by atoms with E-state index in [-0.39, 0.29) is 40.9 Å². The standard InChI is InChI=1S/C43H49N7O8S2/c1-8-38(49-19-20-59-39(51)25-49)47-41(52)31-14-13-27(23-36(31)56-5)46-37-24-28(17-18-45-37)58-35-16-15-33(29-11-9-10-12-30(29)35)50(42(44)53)34-22-26(43(2,3)4)21-32(40(34)57-6)48-60(7,54)55/h9-18,21-24,38,48H,8,19-20,25H2,1-7H3,(H2,44,53)(H,45,46)(H,47,52). The van der Waals surface area contributed by atoms with E-state index in [2.05, 4.69) is 20.3 Å². The van der Waals surface area contributed by atoms with Gasteiger partial charge in [-0.1, -0.05) is 63.7 Å². The highest BCUT2D eigenvalue weighted by molar-refractivity contribution is 8.13. The molecule has 1 aromatic heterocycles. The molecule has 0 spiro atoms. The molecule has 60 heavy (non-hydrogen) atoms. The van der Waals surface area contributed by atoms with Crippen LogP contribution < -0.4 is 40.2 Å². The molecule has 4 aromatic carbocycles. The van der Waals surface area contributed by atoms with Crippen molar-refractivity contribution in [2.75, 3.05) is 54.3 Å². The van der Waals surface area contributed by atoms with Crippen molar-refractivity contribution in [1.82, 2.24) is 15.2 Å². The molecule has 3 amide bonds. The molecule has 1 aliphatic heterocycles. The summed E-state index contributed by atoms with van der Waals surface area (Å²) in [5.74, 6) is 2.22. The second kappa shape index (κ2) is 18.1. The third kappa shape index (κ3) is 10.0. The van der Waals surface area contributed by atoms with Gasteiger partial charge in [-0.05, 0) is 59.9 Å². The number of nitrogens with zero attached hydrogens (tertiary/aromatic N) is 3. The zero-order valence-electron chi connectivity index (χ0n) is 34.5. The van der Waals surface area contributed by atoms with E-state index in [1.165, 1.54) is 30.9 Å². The van der Waals surface area contributed by atoms with Gasteiger partial charge in [-0.25, -0.2) is 18.2 Å². The first-order valence-corrected chi connectivity index (χ1v) is 22.0. The summed E-state index contributed by atoms with van der Waals surface area (Å²) < 4.78 is 45.1. The summed E-state index contributed by atoms with van der Waals surface area (Å²) in [5.41, 5.74) is 8.16. The van der Waals surface area contributed by atoms with E-state index in [0.717, 1.165) is 11.8 Å². The Kier molecular flexibility index (Phi) is 13.1. The van der Waals surface area contributed by atoms with Gasteiger partial charge < -0.3 is 30.6 Å². The van der Waals surface area contributed by atoms with Crippen molar-refractivity contribution in [3.8, 4) is 23.0 Å². The average Bonchev–Trinajstić information content (AvgIpc) is 3.19. The van der Waals surface area contributed by atoms with Crippen LogP contribution in [0.2, 0.25) is 0 Å². The van der Waals surface area contributed by atoms with E-state index >= 15 is 0 Å². The Morgan fingerprint density at radius 1 is 0.967 bits per heavy atom. The van der Waals surface area contributed by atoms with E-state index < -0.39 is 21.5 Å². The van der Waals surface area contributed by atoms with E-state index in [1.807, 2.05) is 56.9 Å². The predicted octanol–water partition coefficient (Wildman–Crippen LogP) is 7.72. The summed E-state index contributed by atoms with van der Waals surface area (Å²) in [6.07, 6.45) is 2.97. The molecule has 1 atom stereocenters. The molecule has 0 aliphatic carbocycles. The first kappa shape index (κ1) is 43.5. The van der Waals surface area contributed by atoms with Crippen LogP contribution in [0.3, 0.4) is 0 Å². The molecule has 1 fully saturated rings. The van der Waals surface area contributed by atoms with Crippen molar-refractivity contribution in [3.05, 3.63) is 96.2 Å². The fourth-order valence-electron chi connectivity index (χ4n) is 6.90. The maximum atomic E-state index is 13.4. The highest BCUT2D eigenvalue weighted by Crippen LogP contribution is 2.46. The number of urea groups is 1. The predicted molar refractivity (Wildman–Crippen MR) is 237 cm³/mol. The molecule has 1 unspecified atom stereocenters. The summed E-state index contributed by atoms with van der Waals surface area (Å²) in [7, 11) is -0.844. The number of thioether (sulfide) groups is 1. The summed E-state index contributed by atoms with van der Waals surface area (Å²) in [4.78, 5) is 46.6. The van der Waals surface area contributed by atoms with Crippen LogP contribution in [0.4, 0.5) is 33.4 Å². The van der Waals surface area contributed by atoms with Gasteiger partial charge in [0, 0.05) is 47.1 Å². The second-order valence-electron chi connectivity index (χ2n) is 15.1. The maximum Gasteiger partial charge on any atom is 0.324 e. The van der Waals surface area contributed by atoms with Crippen molar-refractivity contribution >= 4 is 78.2 Å². The number of nitrogens with two attached hydrogens (primary N) is 1. The van der Waals surface area contributed by atoms with Gasteiger partial charge in [-0.3, -0.25) is 24.1 Å². The number of methoxy groups -OCH3 is 2. The van der Waals surface area contributed by atoms with Crippen molar-refractivity contribution in [2.45, 2.75) is 45.7 Å². The lowest BCUT2D eigenvalue weighted by Gasteiger charge is -2.33. The number of nitrogens with one attached hydrogen (secondary N) is 3. The highest BCUT2D eigenvalue weighted by atomic mass is 32.2. The van der Waals surface area contributed by atoms with Crippen LogP contribution in [0, 0.1) is 0 Å². The minimum Gasteiger partial charge on any atom is -0.496 e. The summed E-state index contributed by atoms with van der Waals surface area (Å²) in [5, 5.41) is 7.66. The lowest BCUT2D eigenvalue weighted by molar-refractivity contribution is -0.113. The summed E-state index contributed by atoms with van der Waals surface area (Å²) in [6, 6.07) is 21.9. The Morgan fingerprint density at radius 3 is 2.37 bits per heavy atom. The van der Waals surface area contributed by atoms with Gasteiger partial charge >= 0.3 is 6.03 Å².